The van der Waals surface area contributed by atoms with Crippen LogP contribution >= 0.6 is 0 Å². The first-order valence-electron chi connectivity index (χ1n) is 9.83. The lowest BCUT2D eigenvalue weighted by Crippen LogP contribution is -2.59. The molecule has 3 aliphatic carbocycles. The van der Waals surface area contributed by atoms with Gasteiger partial charge in [-0.2, -0.15) is 0 Å². The average molecular weight is 339 g/mol. The number of aromatic hydroxyl groups is 1. The molecule has 6 atom stereocenters. The molecule has 1 heterocycles. The lowest BCUT2D eigenvalue weighted by atomic mass is 9.55. The van der Waals surface area contributed by atoms with Gasteiger partial charge in [-0.1, -0.05) is 26.5 Å². The van der Waals surface area contributed by atoms with E-state index in [0.717, 1.165) is 44.2 Å². The molecule has 0 radical (unpaired) electrons. The molecule has 1 saturated heterocycles. The molecule has 2 saturated carbocycles. The summed E-state index contributed by atoms with van der Waals surface area (Å²) in [5.74, 6) is 1.08. The summed E-state index contributed by atoms with van der Waals surface area (Å²) in [5.41, 5.74) is 2.92. The van der Waals surface area contributed by atoms with Gasteiger partial charge in [-0.25, -0.2) is 0 Å². The zero-order valence-electron chi connectivity index (χ0n) is 15.3. The number of hydrogen-bond acceptors (Lipinski definition) is 3. The Balaban J connectivity index is 1.74. The molecule has 134 valence electrons. The van der Waals surface area contributed by atoms with Crippen LogP contribution in [0.4, 0.5) is 0 Å². The number of phenols is 1. The summed E-state index contributed by atoms with van der Waals surface area (Å²) in [5, 5.41) is 26.0. The first kappa shape index (κ1) is 15.7. The quantitative estimate of drug-likeness (QED) is 0.732. The van der Waals surface area contributed by atoms with Crippen molar-refractivity contribution in [3.8, 4) is 5.75 Å². The smallest absolute Gasteiger partial charge is 0.115 e. The Morgan fingerprint density at radius 1 is 1.32 bits per heavy atom. The van der Waals surface area contributed by atoms with Gasteiger partial charge in [-0.3, -0.25) is 0 Å². The van der Waals surface area contributed by atoms with Crippen LogP contribution in [0.3, 0.4) is 0 Å². The largest absolute Gasteiger partial charge is 0.508 e. The summed E-state index contributed by atoms with van der Waals surface area (Å²) in [4.78, 5) is 0. The van der Waals surface area contributed by atoms with E-state index in [0.29, 0.717) is 17.7 Å². The molecule has 1 aliphatic heterocycles. The van der Waals surface area contributed by atoms with Gasteiger partial charge in [0.2, 0.25) is 0 Å². The molecule has 5 rings (SSSR count). The van der Waals surface area contributed by atoms with Gasteiger partial charge in [0.25, 0.3) is 0 Å². The molecule has 3 N–H and O–H groups in total. The molecule has 0 aromatic heterocycles. The van der Waals surface area contributed by atoms with Gasteiger partial charge in [0.15, 0.2) is 0 Å². The summed E-state index contributed by atoms with van der Waals surface area (Å²) >= 11 is 0. The zero-order chi connectivity index (χ0) is 17.6. The maximum Gasteiger partial charge on any atom is 0.115 e. The maximum absolute atomic E-state index is 12.2. The van der Waals surface area contributed by atoms with Gasteiger partial charge in [0.05, 0.1) is 5.60 Å². The van der Waals surface area contributed by atoms with E-state index in [1.165, 1.54) is 11.1 Å². The molecule has 2 bridgehead atoms. The fourth-order valence-electron chi connectivity index (χ4n) is 7.31. The summed E-state index contributed by atoms with van der Waals surface area (Å²) in [6.07, 6.45) is 5.97. The highest BCUT2D eigenvalue weighted by atomic mass is 16.3. The Labute approximate surface area is 150 Å². The number of aliphatic hydroxyl groups is 1. The van der Waals surface area contributed by atoms with Gasteiger partial charge in [-0.15, -0.1) is 0 Å². The van der Waals surface area contributed by atoms with Crippen molar-refractivity contribution in [2.24, 2.45) is 17.3 Å². The van der Waals surface area contributed by atoms with E-state index in [-0.39, 0.29) is 16.7 Å². The Morgan fingerprint density at radius 2 is 2.12 bits per heavy atom. The lowest BCUT2D eigenvalue weighted by molar-refractivity contribution is -0.102. The second-order valence-corrected chi connectivity index (χ2v) is 9.37. The third kappa shape index (κ3) is 1.71. The number of nitrogens with one attached hydrogen (secondary N) is 1. The molecular weight excluding hydrogens is 310 g/mol. The van der Waals surface area contributed by atoms with Crippen molar-refractivity contribution >= 4 is 0 Å². The molecule has 1 aromatic rings. The van der Waals surface area contributed by atoms with E-state index in [4.69, 9.17) is 0 Å². The van der Waals surface area contributed by atoms with Crippen molar-refractivity contribution in [2.45, 2.75) is 69.4 Å². The second-order valence-electron chi connectivity index (χ2n) is 9.37. The normalized spacial score (nSPS) is 47.0. The molecule has 3 nitrogen and oxygen atoms in total. The van der Waals surface area contributed by atoms with Crippen LogP contribution in [0.25, 0.3) is 0 Å². The Kier molecular flexibility index (Phi) is 2.91. The second kappa shape index (κ2) is 4.62. The molecule has 3 heteroatoms. The van der Waals surface area contributed by atoms with Crippen molar-refractivity contribution in [2.75, 3.05) is 0 Å². The average Bonchev–Trinajstić information content (AvgIpc) is 2.99. The van der Waals surface area contributed by atoms with Crippen LogP contribution in [0.2, 0.25) is 0 Å². The van der Waals surface area contributed by atoms with Crippen LogP contribution in [-0.4, -0.2) is 21.9 Å². The first-order valence-corrected chi connectivity index (χ1v) is 9.83. The van der Waals surface area contributed by atoms with E-state index in [1.54, 1.807) is 0 Å². The molecule has 4 aliphatic rings. The van der Waals surface area contributed by atoms with Gasteiger partial charge in [0.1, 0.15) is 5.75 Å². The minimum Gasteiger partial charge on any atom is -0.508 e. The van der Waals surface area contributed by atoms with E-state index < -0.39 is 5.60 Å². The van der Waals surface area contributed by atoms with Crippen LogP contribution in [0.15, 0.2) is 30.5 Å². The predicted molar refractivity (Wildman–Crippen MR) is 98.3 cm³/mol. The highest BCUT2D eigenvalue weighted by Gasteiger charge is 2.72. The fourth-order valence-corrected chi connectivity index (χ4v) is 7.31. The highest BCUT2D eigenvalue weighted by Crippen LogP contribution is 2.71. The first-order chi connectivity index (χ1) is 11.8. The minimum absolute atomic E-state index is 0.175. The van der Waals surface area contributed by atoms with Gasteiger partial charge >= 0.3 is 0 Å². The minimum atomic E-state index is -0.685. The number of hydrogen-bond donors (Lipinski definition) is 3. The number of allylic oxidation sites excluding steroid dienone is 1. The standard InChI is InChI=1S/C22H29NO2/c1-4-20-9-15-5-6-17(24)8-18(15)21(12-20)11-19-16(7-13(2)23-19)10-22(21,25)14(20)3/h5-6,8,14,16,19,23-25H,2,4,7,9-12H2,1,3H3. The molecular formula is C22H29NO2. The number of fused-ring (bicyclic) bond motifs is 3. The monoisotopic (exact) mass is 339 g/mol. The van der Waals surface area contributed by atoms with E-state index in [9.17, 15) is 10.2 Å². The zero-order valence-corrected chi connectivity index (χ0v) is 15.3. The van der Waals surface area contributed by atoms with E-state index >= 15 is 0 Å². The SMILES string of the molecule is C=C1CC2CC3(O)C(C)C4(CC)Cc5ccc(O)cc5C3(CC2N1)C4. The predicted octanol–water partition coefficient (Wildman–Crippen LogP) is 3.64. The van der Waals surface area contributed by atoms with Crippen molar-refractivity contribution in [1.82, 2.24) is 5.32 Å². The van der Waals surface area contributed by atoms with Crippen LogP contribution in [0.1, 0.15) is 57.1 Å². The van der Waals surface area contributed by atoms with E-state index in [1.807, 2.05) is 12.1 Å². The Bertz CT molecular complexity index is 773. The van der Waals surface area contributed by atoms with Crippen molar-refractivity contribution in [3.63, 3.8) is 0 Å². The summed E-state index contributed by atoms with van der Waals surface area (Å²) in [6.45, 7) is 8.72. The summed E-state index contributed by atoms with van der Waals surface area (Å²) in [7, 11) is 0. The molecule has 0 amide bonds. The summed E-state index contributed by atoms with van der Waals surface area (Å²) < 4.78 is 0. The lowest BCUT2D eigenvalue weighted by Gasteiger charge is -2.52. The number of phenolic OH excluding ortho intramolecular Hbond substituents is 1. The third-order valence-corrected chi connectivity index (χ3v) is 8.58. The van der Waals surface area contributed by atoms with Crippen LogP contribution in [0, 0.1) is 17.3 Å². The highest BCUT2D eigenvalue weighted by molar-refractivity contribution is 5.50. The topological polar surface area (TPSA) is 52.5 Å². The van der Waals surface area contributed by atoms with Gasteiger partial charge in [-0.05, 0) is 79.0 Å². The van der Waals surface area contributed by atoms with Crippen LogP contribution in [0.5, 0.6) is 5.75 Å². The molecule has 25 heavy (non-hydrogen) atoms. The van der Waals surface area contributed by atoms with Crippen LogP contribution < -0.4 is 5.32 Å². The Morgan fingerprint density at radius 3 is 2.88 bits per heavy atom. The van der Waals surface area contributed by atoms with Crippen LogP contribution in [-0.2, 0) is 11.8 Å². The molecule has 1 spiro atoms. The molecule has 3 fully saturated rings. The maximum atomic E-state index is 12.2. The van der Waals surface area contributed by atoms with Crippen molar-refractivity contribution in [1.29, 1.82) is 0 Å². The van der Waals surface area contributed by atoms with E-state index in [2.05, 4.69) is 31.8 Å². The van der Waals surface area contributed by atoms with Gasteiger partial charge < -0.3 is 15.5 Å². The van der Waals surface area contributed by atoms with Crippen molar-refractivity contribution in [3.05, 3.63) is 41.6 Å². The Hall–Kier alpha value is -1.48. The fraction of sp³-hybridized carbons (Fsp3) is 0.636. The third-order valence-electron chi connectivity index (χ3n) is 8.58. The molecule has 6 unspecified atom stereocenters. The number of rotatable bonds is 1. The number of benzene rings is 1. The van der Waals surface area contributed by atoms with Crippen molar-refractivity contribution < 1.29 is 10.2 Å². The summed E-state index contributed by atoms with van der Waals surface area (Å²) in [6, 6.07) is 6.26. The van der Waals surface area contributed by atoms with Gasteiger partial charge in [0, 0.05) is 17.2 Å². The molecule has 1 aromatic carbocycles.